The molecular weight excluding hydrogens is 654 g/mol. The second-order valence-corrected chi connectivity index (χ2v) is 15.3. The third-order valence-electron chi connectivity index (χ3n) is 12.0. The maximum absolute atomic E-state index is 11.6. The molecule has 0 bridgehead atoms. The van der Waals surface area contributed by atoms with E-state index >= 15 is 0 Å². The van der Waals surface area contributed by atoms with E-state index in [0.717, 1.165) is 68.2 Å². The van der Waals surface area contributed by atoms with Crippen molar-refractivity contribution >= 4 is 5.82 Å². The number of hydrogen-bond acceptors (Lipinski definition) is 8. The number of hydrogen-bond donors (Lipinski definition) is 6. The summed E-state index contributed by atoms with van der Waals surface area (Å²) in [5, 5.41) is 55.4. The summed E-state index contributed by atoms with van der Waals surface area (Å²) < 4.78 is 6.62. The van der Waals surface area contributed by atoms with Crippen molar-refractivity contribution in [1.29, 1.82) is 0 Å². The fraction of sp³-hybridized carbons (Fsp3) is 0.558. The van der Waals surface area contributed by atoms with Crippen LogP contribution in [0.5, 0.6) is 11.5 Å². The molecule has 0 aliphatic heterocycles. The number of aliphatic hydroxyl groups is 4. The normalized spacial score (nSPS) is 27.7. The van der Waals surface area contributed by atoms with Gasteiger partial charge < -0.3 is 41.0 Å². The number of aromatic hydroxyl groups is 1. The van der Waals surface area contributed by atoms with Crippen LogP contribution in [0.3, 0.4) is 0 Å². The number of nitrogens with zero attached hydrogens (tertiary/aromatic N) is 2. The first-order chi connectivity index (χ1) is 25.2. The minimum absolute atomic E-state index is 0.0675. The molecule has 3 aliphatic rings. The average Bonchev–Trinajstić information content (AvgIpc) is 3.83. The highest BCUT2D eigenvalue weighted by molar-refractivity contribution is 5.45. The maximum Gasteiger partial charge on any atom is 0.161 e. The van der Waals surface area contributed by atoms with Crippen LogP contribution in [-0.2, 0) is 5.41 Å². The number of aliphatic hydroxyl groups excluding tert-OH is 4. The van der Waals surface area contributed by atoms with Gasteiger partial charge in [-0.3, -0.25) is 0 Å². The lowest BCUT2D eigenvalue weighted by Crippen LogP contribution is -2.40. The van der Waals surface area contributed by atoms with Gasteiger partial charge in [-0.1, -0.05) is 74.8 Å². The van der Waals surface area contributed by atoms with Crippen LogP contribution in [0.15, 0.2) is 67.0 Å². The number of allylic oxidation sites excluding steroid dienone is 2. The van der Waals surface area contributed by atoms with E-state index in [4.69, 9.17) is 15.5 Å². The van der Waals surface area contributed by atoms with Gasteiger partial charge in [-0.2, -0.15) is 11.9 Å². The van der Waals surface area contributed by atoms with E-state index in [1.54, 1.807) is 18.3 Å². The number of phenols is 1. The second kappa shape index (κ2) is 17.3. The van der Waals surface area contributed by atoms with Crippen LogP contribution in [0.25, 0.3) is 0 Å². The van der Waals surface area contributed by atoms with E-state index in [2.05, 4.69) is 35.9 Å². The van der Waals surface area contributed by atoms with Gasteiger partial charge in [-0.15, -0.1) is 0 Å². The summed E-state index contributed by atoms with van der Waals surface area (Å²) in [5.41, 5.74) is 8.72. The summed E-state index contributed by atoms with van der Waals surface area (Å²) in [6.45, 7) is 1.93. The zero-order valence-electron chi connectivity index (χ0n) is 30.4. The van der Waals surface area contributed by atoms with Crippen molar-refractivity contribution in [3.63, 3.8) is 0 Å². The van der Waals surface area contributed by atoms with E-state index in [1.807, 2.05) is 36.5 Å². The Kier molecular flexibility index (Phi) is 12.7. The third kappa shape index (κ3) is 8.52. The number of phenolic OH excluding ortho intramolecular Hbond substituents is 1. The SMILES string of the molecule is CCC1C#CC2C=CC(c3ccc(O)c(OC(CC(c4ccnc(N)c4)C4(c5ccc[n-]5)CCCC4)C(O)CCO)c3)CC(O)C2C(O)CCCC1. The topological polar surface area (TPSA) is 163 Å². The molecular formula is C43H56N3O6-. The first-order valence-electron chi connectivity index (χ1n) is 19.4. The Hall–Kier alpha value is -3.81. The lowest BCUT2D eigenvalue weighted by molar-refractivity contribution is -0.00708. The highest BCUT2D eigenvalue weighted by atomic mass is 16.5. The number of benzene rings is 1. The van der Waals surface area contributed by atoms with Gasteiger partial charge >= 0.3 is 0 Å². The van der Waals surface area contributed by atoms with E-state index in [1.165, 1.54) is 0 Å². The predicted molar refractivity (Wildman–Crippen MR) is 202 cm³/mol. The molecule has 0 radical (unpaired) electrons. The fourth-order valence-corrected chi connectivity index (χ4v) is 9.13. The van der Waals surface area contributed by atoms with Crippen molar-refractivity contribution in [2.24, 2.45) is 17.8 Å². The summed E-state index contributed by atoms with van der Waals surface area (Å²) in [7, 11) is 0. The van der Waals surface area contributed by atoms with Crippen molar-refractivity contribution in [2.75, 3.05) is 12.3 Å². The lowest BCUT2D eigenvalue weighted by Gasteiger charge is -2.43. The molecule has 1 saturated carbocycles. The summed E-state index contributed by atoms with van der Waals surface area (Å²) in [4.78, 5) is 9.03. The first-order valence-corrected chi connectivity index (χ1v) is 19.4. The Balaban J connectivity index is 1.32. The zero-order valence-corrected chi connectivity index (χ0v) is 30.4. The number of anilines is 1. The summed E-state index contributed by atoms with van der Waals surface area (Å²) in [6, 6.07) is 13.1. The van der Waals surface area contributed by atoms with Crippen LogP contribution < -0.4 is 15.5 Å². The lowest BCUT2D eigenvalue weighted by atomic mass is 9.66. The molecule has 52 heavy (non-hydrogen) atoms. The monoisotopic (exact) mass is 710 g/mol. The van der Waals surface area contributed by atoms with Crippen LogP contribution in [0, 0.1) is 29.6 Å². The molecule has 280 valence electrons. The molecule has 0 amide bonds. The molecule has 9 nitrogen and oxygen atoms in total. The van der Waals surface area contributed by atoms with Crippen molar-refractivity contribution in [3.05, 3.63) is 83.8 Å². The standard InChI is InChI=1S/C43H56N3O6/c1-2-28-8-3-4-9-36(50)42-29(12-11-28)13-14-30(24-37(42)51)31-15-16-34(48)38(25-31)52-39(35(49)18-23-47)27-33(32-17-22-46-41(44)26-32)43(19-5-6-20-43)40-10-7-21-45-40/h7,10,13-17,21-22,25-26,28-30,33,35-37,39,42,47-51H,2-6,8-9,18-20,23-24,27H2,1H3,(H2,44,46)/q-1. The molecule has 0 spiro atoms. The number of rotatable bonds is 12. The maximum atomic E-state index is 11.6. The Morgan fingerprint density at radius 1 is 1.02 bits per heavy atom. The highest BCUT2D eigenvalue weighted by Crippen LogP contribution is 2.53. The van der Waals surface area contributed by atoms with Crippen molar-refractivity contribution in [2.45, 2.75) is 126 Å². The Labute approximate surface area is 308 Å². The van der Waals surface area contributed by atoms with Gasteiger partial charge in [0, 0.05) is 42.9 Å². The summed E-state index contributed by atoms with van der Waals surface area (Å²) >= 11 is 0. The smallest absolute Gasteiger partial charge is 0.161 e. The highest BCUT2D eigenvalue weighted by Gasteiger charge is 2.44. The number of aromatic nitrogens is 2. The van der Waals surface area contributed by atoms with E-state index in [9.17, 15) is 25.5 Å². The van der Waals surface area contributed by atoms with Crippen molar-refractivity contribution in [3.8, 4) is 23.3 Å². The van der Waals surface area contributed by atoms with Gasteiger partial charge in [0.05, 0.1) is 18.3 Å². The van der Waals surface area contributed by atoms with Gasteiger partial charge in [-0.25, -0.2) is 4.98 Å². The molecule has 2 aromatic heterocycles. The minimum atomic E-state index is -1.03. The molecule has 0 saturated heterocycles. The second-order valence-electron chi connectivity index (χ2n) is 15.3. The van der Waals surface area contributed by atoms with E-state index in [0.29, 0.717) is 31.0 Å². The molecule has 1 aromatic carbocycles. The van der Waals surface area contributed by atoms with E-state index < -0.39 is 30.3 Å². The molecule has 7 N–H and O–H groups in total. The molecule has 9 atom stereocenters. The fourth-order valence-electron chi connectivity index (χ4n) is 9.13. The predicted octanol–water partition coefficient (Wildman–Crippen LogP) is 6.10. The largest absolute Gasteiger partial charge is 0.667 e. The number of pyridine rings is 1. The van der Waals surface area contributed by atoms with Crippen molar-refractivity contribution < 1.29 is 30.3 Å². The number of ether oxygens (including phenoxy) is 1. The van der Waals surface area contributed by atoms with Crippen LogP contribution in [0.2, 0.25) is 0 Å². The Bertz CT molecular complexity index is 1680. The van der Waals surface area contributed by atoms with E-state index in [-0.39, 0.29) is 47.7 Å². The van der Waals surface area contributed by atoms with Gasteiger partial charge in [0.1, 0.15) is 11.9 Å². The average molecular weight is 711 g/mol. The number of fused-ring (bicyclic) bond motifs is 1. The third-order valence-corrected chi connectivity index (χ3v) is 12.0. The van der Waals surface area contributed by atoms with Crippen LogP contribution in [0.4, 0.5) is 5.82 Å². The Morgan fingerprint density at radius 2 is 1.83 bits per heavy atom. The zero-order chi connectivity index (χ0) is 36.7. The summed E-state index contributed by atoms with van der Waals surface area (Å²) in [6.07, 6.45) is 13.7. The van der Waals surface area contributed by atoms with Gasteiger partial charge in [0.2, 0.25) is 0 Å². The quantitative estimate of drug-likeness (QED) is 0.0963. The Morgan fingerprint density at radius 3 is 2.56 bits per heavy atom. The summed E-state index contributed by atoms with van der Waals surface area (Å²) in [5.74, 6) is 6.71. The molecule has 6 rings (SSSR count). The minimum Gasteiger partial charge on any atom is -0.667 e. The van der Waals surface area contributed by atoms with Gasteiger partial charge in [0.15, 0.2) is 11.5 Å². The molecule has 9 unspecified atom stereocenters. The molecule has 2 heterocycles. The van der Waals surface area contributed by atoms with Gasteiger partial charge in [0.25, 0.3) is 0 Å². The molecule has 3 aliphatic carbocycles. The van der Waals surface area contributed by atoms with Crippen LogP contribution in [0.1, 0.15) is 113 Å². The van der Waals surface area contributed by atoms with Crippen LogP contribution >= 0.6 is 0 Å². The molecule has 9 heteroatoms. The van der Waals surface area contributed by atoms with Crippen molar-refractivity contribution in [1.82, 2.24) is 9.97 Å². The molecule has 3 aromatic rings. The molecule has 1 fully saturated rings. The number of nitrogen functional groups attached to an aromatic ring is 1. The van der Waals surface area contributed by atoms with Crippen LogP contribution in [-0.4, -0.2) is 61.5 Å². The van der Waals surface area contributed by atoms with Gasteiger partial charge in [-0.05, 0) is 91.7 Å². The first kappa shape index (κ1) is 37.9. The number of nitrogens with two attached hydrogens (primary N) is 1.